The average molecular weight is 358 g/mol. The van der Waals surface area contributed by atoms with Crippen LogP contribution in [0.15, 0.2) is 24.3 Å². The first-order chi connectivity index (χ1) is 12.0. The van der Waals surface area contributed by atoms with Gasteiger partial charge < -0.3 is 15.6 Å². The number of thiocarbonyl (C=S) groups is 1. The smallest absolute Gasteiger partial charge is 0.166 e. The molecule has 1 saturated carbocycles. The first-order valence-electron chi connectivity index (χ1n) is 9.55. The van der Waals surface area contributed by atoms with Crippen molar-refractivity contribution in [1.29, 1.82) is 0 Å². The van der Waals surface area contributed by atoms with Crippen molar-refractivity contribution < 1.29 is 0 Å². The van der Waals surface area contributed by atoms with Gasteiger partial charge >= 0.3 is 0 Å². The Bertz CT molecular complexity index is 747. The Hall–Kier alpha value is -1.55. The number of H-pyrrole nitrogens is 1. The number of fused-ring (bicyclic) bond motifs is 1. The number of benzene rings is 1. The fraction of sp³-hybridized carbons (Fsp3) is 0.571. The second-order valence-electron chi connectivity index (χ2n) is 7.94. The van der Waals surface area contributed by atoms with Crippen molar-refractivity contribution in [2.45, 2.75) is 52.9 Å². The van der Waals surface area contributed by atoms with E-state index in [4.69, 9.17) is 12.2 Å². The molecule has 3 nitrogen and oxygen atoms in total. The molecule has 1 aliphatic rings. The standard InChI is InChI=1S/C21H31N3S/c1-5-6-12-22-20(25)23-13-11-16-19(21(16,3)4)18-14(2)24-17-10-8-7-9-15(17)18/h7-10,16,19,24H,5-6,11-13H2,1-4H3,(H2,22,23,25). The summed E-state index contributed by atoms with van der Waals surface area (Å²) in [6.07, 6.45) is 3.52. The lowest BCUT2D eigenvalue weighted by Crippen LogP contribution is -2.36. The molecule has 0 amide bonds. The highest BCUT2D eigenvalue weighted by Crippen LogP contribution is 2.67. The minimum absolute atomic E-state index is 0.356. The molecule has 3 N–H and O–H groups in total. The summed E-state index contributed by atoms with van der Waals surface area (Å²) in [6.45, 7) is 11.1. The molecule has 1 fully saturated rings. The van der Waals surface area contributed by atoms with Gasteiger partial charge in [-0.3, -0.25) is 0 Å². The quantitative estimate of drug-likeness (QED) is 0.489. The van der Waals surface area contributed by atoms with Crippen molar-refractivity contribution in [3.63, 3.8) is 0 Å². The molecule has 0 aliphatic heterocycles. The van der Waals surface area contributed by atoms with E-state index < -0.39 is 0 Å². The number of nitrogens with one attached hydrogen (secondary N) is 3. The van der Waals surface area contributed by atoms with E-state index in [0.717, 1.165) is 24.6 Å². The van der Waals surface area contributed by atoms with Gasteiger partial charge in [0, 0.05) is 29.7 Å². The van der Waals surface area contributed by atoms with E-state index in [1.165, 1.54) is 35.0 Å². The summed E-state index contributed by atoms with van der Waals surface area (Å²) in [6, 6.07) is 8.68. The molecule has 0 spiro atoms. The number of hydrogen-bond acceptors (Lipinski definition) is 1. The largest absolute Gasteiger partial charge is 0.363 e. The molecule has 1 heterocycles. The number of unbranched alkanes of at least 4 members (excludes halogenated alkanes) is 1. The van der Waals surface area contributed by atoms with Gasteiger partial charge in [-0.15, -0.1) is 0 Å². The fourth-order valence-corrected chi connectivity index (χ4v) is 4.54. The summed E-state index contributed by atoms with van der Waals surface area (Å²) in [7, 11) is 0. The lowest BCUT2D eigenvalue weighted by Gasteiger charge is -2.10. The molecule has 1 aromatic heterocycles. The van der Waals surface area contributed by atoms with Gasteiger partial charge in [0.05, 0.1) is 0 Å². The predicted octanol–water partition coefficient (Wildman–Crippen LogP) is 4.87. The van der Waals surface area contributed by atoms with Crippen LogP contribution in [0.2, 0.25) is 0 Å². The third kappa shape index (κ3) is 3.69. The zero-order chi connectivity index (χ0) is 18.0. The summed E-state index contributed by atoms with van der Waals surface area (Å²) in [5.41, 5.74) is 4.46. The molecular formula is C21H31N3S. The highest BCUT2D eigenvalue weighted by molar-refractivity contribution is 7.80. The van der Waals surface area contributed by atoms with E-state index in [-0.39, 0.29) is 0 Å². The zero-order valence-electron chi connectivity index (χ0n) is 15.9. The first-order valence-corrected chi connectivity index (χ1v) is 9.96. The Balaban J connectivity index is 1.61. The topological polar surface area (TPSA) is 39.8 Å². The summed E-state index contributed by atoms with van der Waals surface area (Å²) in [5.74, 6) is 1.34. The van der Waals surface area contributed by atoms with Gasteiger partial charge in [-0.05, 0) is 60.9 Å². The van der Waals surface area contributed by atoms with Crippen LogP contribution in [0.3, 0.4) is 0 Å². The maximum Gasteiger partial charge on any atom is 0.166 e. The van der Waals surface area contributed by atoms with E-state index in [0.29, 0.717) is 17.3 Å². The minimum atomic E-state index is 0.356. The van der Waals surface area contributed by atoms with Crippen LogP contribution in [-0.4, -0.2) is 23.2 Å². The predicted molar refractivity (Wildman–Crippen MR) is 111 cm³/mol. The third-order valence-electron chi connectivity index (χ3n) is 5.86. The van der Waals surface area contributed by atoms with Crippen LogP contribution in [0.25, 0.3) is 10.9 Å². The van der Waals surface area contributed by atoms with Gasteiger partial charge in [-0.2, -0.15) is 0 Å². The summed E-state index contributed by atoms with van der Waals surface area (Å²) in [5, 5.41) is 8.86. The van der Waals surface area contributed by atoms with Gasteiger partial charge in [-0.25, -0.2) is 0 Å². The molecular weight excluding hydrogens is 326 g/mol. The van der Waals surface area contributed by atoms with Crippen molar-refractivity contribution >= 4 is 28.2 Å². The van der Waals surface area contributed by atoms with E-state index in [9.17, 15) is 0 Å². The van der Waals surface area contributed by atoms with Crippen molar-refractivity contribution in [3.8, 4) is 0 Å². The lowest BCUT2D eigenvalue weighted by molar-refractivity contribution is 0.527. The molecule has 0 radical (unpaired) electrons. The summed E-state index contributed by atoms with van der Waals surface area (Å²) in [4.78, 5) is 3.56. The van der Waals surface area contributed by atoms with Crippen molar-refractivity contribution in [2.75, 3.05) is 13.1 Å². The Morgan fingerprint density at radius 3 is 2.68 bits per heavy atom. The molecule has 3 rings (SSSR count). The fourth-order valence-electron chi connectivity index (χ4n) is 4.34. The minimum Gasteiger partial charge on any atom is -0.363 e. The van der Waals surface area contributed by atoms with Gasteiger partial charge in [0.1, 0.15) is 0 Å². The molecule has 136 valence electrons. The van der Waals surface area contributed by atoms with E-state index in [1.807, 2.05) is 0 Å². The van der Waals surface area contributed by atoms with E-state index in [2.05, 4.69) is 67.6 Å². The highest BCUT2D eigenvalue weighted by atomic mass is 32.1. The number of aromatic amines is 1. The van der Waals surface area contributed by atoms with Crippen LogP contribution in [0.5, 0.6) is 0 Å². The van der Waals surface area contributed by atoms with Crippen LogP contribution in [0, 0.1) is 18.3 Å². The molecule has 1 aromatic carbocycles. The van der Waals surface area contributed by atoms with Crippen LogP contribution >= 0.6 is 12.2 Å². The highest BCUT2D eigenvalue weighted by Gasteiger charge is 2.58. The molecule has 0 saturated heterocycles. The Kier molecular flexibility index (Phi) is 5.38. The van der Waals surface area contributed by atoms with Crippen LogP contribution in [-0.2, 0) is 0 Å². The van der Waals surface area contributed by atoms with Gasteiger partial charge in [0.15, 0.2) is 5.11 Å². The molecule has 2 unspecified atom stereocenters. The van der Waals surface area contributed by atoms with Crippen molar-refractivity contribution in [1.82, 2.24) is 15.6 Å². The lowest BCUT2D eigenvalue weighted by atomic mass is 10.0. The van der Waals surface area contributed by atoms with Crippen LogP contribution in [0.1, 0.15) is 57.2 Å². The molecule has 2 aromatic rings. The van der Waals surface area contributed by atoms with Crippen LogP contribution < -0.4 is 10.6 Å². The Morgan fingerprint density at radius 1 is 1.20 bits per heavy atom. The Morgan fingerprint density at radius 2 is 1.92 bits per heavy atom. The van der Waals surface area contributed by atoms with E-state index in [1.54, 1.807) is 0 Å². The number of aromatic nitrogens is 1. The summed E-state index contributed by atoms with van der Waals surface area (Å²) >= 11 is 5.36. The molecule has 4 heteroatoms. The zero-order valence-corrected chi connectivity index (χ0v) is 16.7. The molecule has 1 aliphatic carbocycles. The average Bonchev–Trinajstić information content (AvgIpc) is 2.94. The maximum absolute atomic E-state index is 5.36. The van der Waals surface area contributed by atoms with Gasteiger partial charge in [0.25, 0.3) is 0 Å². The molecule has 25 heavy (non-hydrogen) atoms. The monoisotopic (exact) mass is 357 g/mol. The molecule has 2 atom stereocenters. The van der Waals surface area contributed by atoms with E-state index >= 15 is 0 Å². The normalized spacial score (nSPS) is 21.3. The number of hydrogen-bond donors (Lipinski definition) is 3. The molecule has 0 bridgehead atoms. The number of rotatable bonds is 7. The Labute approximate surface area is 157 Å². The second-order valence-corrected chi connectivity index (χ2v) is 8.35. The number of para-hydroxylation sites is 1. The summed E-state index contributed by atoms with van der Waals surface area (Å²) < 4.78 is 0. The maximum atomic E-state index is 5.36. The van der Waals surface area contributed by atoms with Gasteiger partial charge in [-0.1, -0.05) is 45.4 Å². The third-order valence-corrected chi connectivity index (χ3v) is 6.15. The van der Waals surface area contributed by atoms with Gasteiger partial charge in [0.2, 0.25) is 0 Å². The van der Waals surface area contributed by atoms with Crippen molar-refractivity contribution in [2.24, 2.45) is 11.3 Å². The second kappa shape index (κ2) is 7.36. The van der Waals surface area contributed by atoms with Crippen LogP contribution in [0.4, 0.5) is 0 Å². The van der Waals surface area contributed by atoms with Crippen molar-refractivity contribution in [3.05, 3.63) is 35.5 Å². The number of aryl methyl sites for hydroxylation is 1. The first kappa shape index (κ1) is 18.2. The SMILES string of the molecule is CCCCNC(=S)NCCC1C(c2c(C)[nH]c3ccccc23)C1(C)C.